The molecule has 3 nitrogen and oxygen atoms in total. The second-order valence-electron chi connectivity index (χ2n) is 2.50. The van der Waals surface area contributed by atoms with Gasteiger partial charge in [-0.1, -0.05) is 21.3 Å². The van der Waals surface area contributed by atoms with Crippen LogP contribution in [0.15, 0.2) is 22.5 Å². The highest BCUT2D eigenvalue weighted by Gasteiger charge is 2.19. The average molecular weight is 235 g/mol. The summed E-state index contributed by atoms with van der Waals surface area (Å²) >= 11 is 0.604. The molecule has 0 N–H and O–H groups in total. The van der Waals surface area contributed by atoms with Crippen LogP contribution >= 0.6 is 11.3 Å². The minimum absolute atomic E-state index is 0.117. The molecule has 0 aliphatic rings. The first-order valence-electron chi connectivity index (χ1n) is 3.48. The molecule has 0 saturated carbocycles. The van der Waals surface area contributed by atoms with Crippen molar-refractivity contribution in [3.05, 3.63) is 24.0 Å². The van der Waals surface area contributed by atoms with Crippen LogP contribution in [0.5, 0.6) is 0 Å². The van der Waals surface area contributed by atoms with Crippen molar-refractivity contribution in [3.63, 3.8) is 0 Å². The van der Waals surface area contributed by atoms with Crippen molar-refractivity contribution in [1.29, 1.82) is 0 Å². The van der Waals surface area contributed by atoms with Crippen molar-refractivity contribution in [3.8, 4) is 0 Å². The number of thiazole rings is 1. The third kappa shape index (κ3) is 1.48. The maximum Gasteiger partial charge on any atom is 0.359 e. The van der Waals surface area contributed by atoms with Gasteiger partial charge in [0.1, 0.15) is 11.3 Å². The Balaban J connectivity index is 2.81. The Hall–Kier alpha value is -1.08. The Morgan fingerprint density at radius 2 is 2.07 bits per heavy atom. The standard InChI is InChI=1S/C7H3F2NO2S2/c8-4-2-1-3-5-6(4)10-7(13-5)14(9,11)12/h1-3H. The van der Waals surface area contributed by atoms with Crippen molar-refractivity contribution in [1.82, 2.24) is 4.98 Å². The Labute approximate surface area is 82.2 Å². The summed E-state index contributed by atoms with van der Waals surface area (Å²) in [5.41, 5.74) is -0.117. The van der Waals surface area contributed by atoms with E-state index in [-0.39, 0.29) is 5.52 Å². The van der Waals surface area contributed by atoms with Gasteiger partial charge in [0, 0.05) is 0 Å². The fourth-order valence-corrected chi connectivity index (χ4v) is 2.58. The maximum atomic E-state index is 13.0. The molecule has 0 bridgehead atoms. The van der Waals surface area contributed by atoms with Gasteiger partial charge < -0.3 is 0 Å². The van der Waals surface area contributed by atoms with E-state index in [0.29, 0.717) is 16.0 Å². The second kappa shape index (κ2) is 2.96. The third-order valence-corrected chi connectivity index (χ3v) is 3.73. The highest BCUT2D eigenvalue weighted by molar-refractivity contribution is 7.88. The summed E-state index contributed by atoms with van der Waals surface area (Å²) in [5.74, 6) is -0.659. The van der Waals surface area contributed by atoms with Gasteiger partial charge in [-0.05, 0) is 12.1 Å². The first-order valence-corrected chi connectivity index (χ1v) is 5.68. The van der Waals surface area contributed by atoms with Crippen LogP contribution in [0.25, 0.3) is 10.2 Å². The third-order valence-electron chi connectivity index (χ3n) is 1.56. The van der Waals surface area contributed by atoms with Gasteiger partial charge in [-0.15, -0.1) is 0 Å². The molecule has 0 saturated heterocycles. The van der Waals surface area contributed by atoms with Crippen molar-refractivity contribution >= 4 is 31.8 Å². The molecule has 74 valence electrons. The van der Waals surface area contributed by atoms with Gasteiger partial charge in [0.2, 0.25) is 4.34 Å². The van der Waals surface area contributed by atoms with Gasteiger partial charge in [-0.2, -0.15) is 8.42 Å². The van der Waals surface area contributed by atoms with E-state index >= 15 is 0 Å². The van der Waals surface area contributed by atoms with E-state index in [9.17, 15) is 16.7 Å². The molecule has 0 unspecified atom stereocenters. The largest absolute Gasteiger partial charge is 0.359 e. The van der Waals surface area contributed by atoms with Crippen LogP contribution < -0.4 is 0 Å². The molecule has 1 aromatic carbocycles. The number of para-hydroxylation sites is 1. The SMILES string of the molecule is O=S(=O)(F)c1nc2c(F)cccc2s1. The smallest absolute Gasteiger partial charge is 0.220 e. The summed E-state index contributed by atoms with van der Waals surface area (Å²) in [6.45, 7) is 0. The number of aromatic nitrogens is 1. The molecule has 0 fully saturated rings. The predicted octanol–water partition coefficient (Wildman–Crippen LogP) is 2.09. The molecule has 1 heterocycles. The Morgan fingerprint density at radius 1 is 1.36 bits per heavy atom. The topological polar surface area (TPSA) is 47.0 Å². The minimum Gasteiger partial charge on any atom is -0.220 e. The molecule has 2 aromatic rings. The van der Waals surface area contributed by atoms with Crippen molar-refractivity contribution in [2.45, 2.75) is 4.34 Å². The zero-order chi connectivity index (χ0) is 10.3. The highest BCUT2D eigenvalue weighted by atomic mass is 32.3. The van der Waals surface area contributed by atoms with E-state index in [1.54, 1.807) is 0 Å². The average Bonchev–Trinajstić information content (AvgIpc) is 2.48. The zero-order valence-corrected chi connectivity index (χ0v) is 8.20. The first kappa shape index (κ1) is 9.47. The number of rotatable bonds is 1. The van der Waals surface area contributed by atoms with Crippen LogP contribution in [0.1, 0.15) is 0 Å². The van der Waals surface area contributed by atoms with Crippen LogP contribution in [-0.4, -0.2) is 13.4 Å². The number of hydrogen-bond donors (Lipinski definition) is 0. The lowest BCUT2D eigenvalue weighted by Crippen LogP contribution is -1.89. The molecule has 1 aromatic heterocycles. The van der Waals surface area contributed by atoms with Crippen LogP contribution in [0, 0.1) is 5.82 Å². The second-order valence-corrected chi connectivity index (χ2v) is 5.06. The molecule has 0 radical (unpaired) electrons. The Morgan fingerprint density at radius 3 is 2.64 bits per heavy atom. The summed E-state index contributed by atoms with van der Waals surface area (Å²) in [4.78, 5) is 3.36. The lowest BCUT2D eigenvalue weighted by molar-refractivity contribution is 0.551. The summed E-state index contributed by atoms with van der Waals surface area (Å²) in [5, 5.41) is 0. The number of fused-ring (bicyclic) bond motifs is 1. The Bertz CT molecular complexity index is 591. The number of benzene rings is 1. The quantitative estimate of drug-likeness (QED) is 0.711. The molecule has 0 atom stereocenters. The van der Waals surface area contributed by atoms with Gasteiger partial charge in [0.25, 0.3) is 0 Å². The first-order chi connectivity index (χ1) is 6.48. The van der Waals surface area contributed by atoms with Crippen molar-refractivity contribution in [2.75, 3.05) is 0 Å². The fourth-order valence-electron chi connectivity index (χ4n) is 0.999. The molecular formula is C7H3F2NO2S2. The van der Waals surface area contributed by atoms with E-state index < -0.39 is 20.4 Å². The van der Waals surface area contributed by atoms with Crippen LogP contribution in [0.4, 0.5) is 8.28 Å². The number of halogens is 2. The summed E-state index contributed by atoms with van der Waals surface area (Å²) in [6, 6.07) is 4.02. The van der Waals surface area contributed by atoms with Gasteiger partial charge >= 0.3 is 10.2 Å². The highest BCUT2D eigenvalue weighted by Crippen LogP contribution is 2.27. The molecule has 0 aliphatic carbocycles. The van der Waals surface area contributed by atoms with E-state index in [1.165, 1.54) is 12.1 Å². The van der Waals surface area contributed by atoms with Gasteiger partial charge in [-0.25, -0.2) is 9.37 Å². The monoisotopic (exact) mass is 235 g/mol. The van der Waals surface area contributed by atoms with Gasteiger partial charge in [0.05, 0.1) is 4.70 Å². The number of hydrogen-bond acceptors (Lipinski definition) is 4. The van der Waals surface area contributed by atoms with Crippen LogP contribution in [0.3, 0.4) is 0 Å². The lowest BCUT2D eigenvalue weighted by Gasteiger charge is -1.86. The molecular weight excluding hydrogens is 232 g/mol. The fraction of sp³-hybridized carbons (Fsp3) is 0. The summed E-state index contributed by atoms with van der Waals surface area (Å²) in [7, 11) is -4.84. The minimum atomic E-state index is -4.84. The predicted molar refractivity (Wildman–Crippen MR) is 47.9 cm³/mol. The normalized spacial score (nSPS) is 12.1. The lowest BCUT2D eigenvalue weighted by atomic mass is 10.3. The number of nitrogens with zero attached hydrogens (tertiary/aromatic N) is 1. The van der Waals surface area contributed by atoms with Crippen LogP contribution in [0.2, 0.25) is 0 Å². The summed E-state index contributed by atoms with van der Waals surface area (Å²) < 4.78 is 46.0. The molecule has 0 amide bonds. The van der Waals surface area contributed by atoms with Crippen molar-refractivity contribution < 1.29 is 16.7 Å². The van der Waals surface area contributed by atoms with E-state index in [0.717, 1.165) is 6.07 Å². The van der Waals surface area contributed by atoms with Gasteiger partial charge in [-0.3, -0.25) is 0 Å². The van der Waals surface area contributed by atoms with E-state index in [1.807, 2.05) is 0 Å². The van der Waals surface area contributed by atoms with Crippen LogP contribution in [-0.2, 0) is 10.2 Å². The zero-order valence-electron chi connectivity index (χ0n) is 6.57. The van der Waals surface area contributed by atoms with Gasteiger partial charge in [0.15, 0.2) is 0 Å². The summed E-state index contributed by atoms with van der Waals surface area (Å²) in [6.07, 6.45) is 0. The van der Waals surface area contributed by atoms with E-state index in [2.05, 4.69) is 4.98 Å². The van der Waals surface area contributed by atoms with Crippen molar-refractivity contribution in [2.24, 2.45) is 0 Å². The maximum absolute atomic E-state index is 13.0. The Kier molecular flexibility index (Phi) is 2.00. The molecule has 2 rings (SSSR count). The molecule has 0 spiro atoms. The molecule has 7 heteroatoms. The molecule has 0 aliphatic heterocycles. The van der Waals surface area contributed by atoms with E-state index in [4.69, 9.17) is 0 Å². The molecule has 14 heavy (non-hydrogen) atoms.